The number of piperidine rings is 1. The molecule has 1 aromatic heterocycles. The normalized spacial score (nSPS) is 18.9. The number of aromatic amines is 1. The van der Waals surface area contributed by atoms with E-state index in [1.165, 1.54) is 16.4 Å². The number of H-pyrrole nitrogens is 1. The van der Waals surface area contributed by atoms with E-state index in [0.29, 0.717) is 50.9 Å². The number of likely N-dealkylation sites (tertiary alicyclic amines) is 1. The molecule has 0 spiro atoms. The Hall–Kier alpha value is -2.40. The van der Waals surface area contributed by atoms with Crippen LogP contribution in [0.3, 0.4) is 0 Å². The number of nitrogens with one attached hydrogen (secondary N) is 1. The van der Waals surface area contributed by atoms with Crippen molar-refractivity contribution in [1.82, 2.24) is 19.4 Å². The Bertz CT molecular complexity index is 1190. The molecular weight excluding hydrogens is 481 g/mol. The molecule has 0 bridgehead atoms. The van der Waals surface area contributed by atoms with Gasteiger partial charge < -0.3 is 4.90 Å². The third-order valence-corrected chi connectivity index (χ3v) is 9.47. The fourth-order valence-corrected chi connectivity index (χ4v) is 6.33. The van der Waals surface area contributed by atoms with Gasteiger partial charge in [-0.05, 0) is 64.0 Å². The number of alkyl halides is 3. The molecular formula is C24H31F3N4O3S. The second-order valence-electron chi connectivity index (χ2n) is 10.2. The lowest BCUT2D eigenvalue weighted by atomic mass is 9.86. The van der Waals surface area contributed by atoms with Crippen LogP contribution in [-0.4, -0.2) is 58.1 Å². The van der Waals surface area contributed by atoms with Gasteiger partial charge in [0.15, 0.2) is 5.69 Å². The molecule has 0 unspecified atom stereocenters. The summed E-state index contributed by atoms with van der Waals surface area (Å²) >= 11 is 0. The topological polar surface area (TPSA) is 86.4 Å². The Morgan fingerprint density at radius 1 is 1.09 bits per heavy atom. The highest BCUT2D eigenvalue weighted by Gasteiger charge is 2.39. The first-order valence-corrected chi connectivity index (χ1v) is 13.3. The van der Waals surface area contributed by atoms with Gasteiger partial charge >= 0.3 is 6.18 Å². The van der Waals surface area contributed by atoms with Crippen molar-refractivity contribution in [2.24, 2.45) is 0 Å². The zero-order chi connectivity index (χ0) is 25.6. The lowest BCUT2D eigenvalue weighted by molar-refractivity contribution is -0.138. The molecule has 0 radical (unpaired) electrons. The SMILES string of the molecule is CC(C)(C)S(=O)(=O)N1CCCc2[nH]nc(C(=O)N3CCC(c4ccccc4C(F)(F)F)CC3)c2C1. The summed E-state index contributed by atoms with van der Waals surface area (Å²) in [4.78, 5) is 15.0. The second kappa shape index (κ2) is 9.24. The third kappa shape index (κ3) is 4.97. The number of sulfonamides is 1. The highest BCUT2D eigenvalue weighted by molar-refractivity contribution is 7.90. The molecule has 3 heterocycles. The molecule has 0 atom stereocenters. The Balaban J connectivity index is 1.51. The monoisotopic (exact) mass is 512 g/mol. The van der Waals surface area contributed by atoms with Gasteiger partial charge in [0.2, 0.25) is 10.0 Å². The van der Waals surface area contributed by atoms with Crippen LogP contribution in [0.15, 0.2) is 24.3 Å². The molecule has 0 saturated carbocycles. The second-order valence-corrected chi connectivity index (χ2v) is 12.9. The maximum atomic E-state index is 13.5. The van der Waals surface area contributed by atoms with E-state index in [9.17, 15) is 26.4 Å². The van der Waals surface area contributed by atoms with Crippen molar-refractivity contribution in [2.75, 3.05) is 19.6 Å². The van der Waals surface area contributed by atoms with E-state index < -0.39 is 26.5 Å². The van der Waals surface area contributed by atoms with Crippen LogP contribution in [0.1, 0.15) is 78.8 Å². The van der Waals surface area contributed by atoms with Crippen LogP contribution >= 0.6 is 0 Å². The summed E-state index contributed by atoms with van der Waals surface area (Å²) in [5.74, 6) is -0.611. The minimum Gasteiger partial charge on any atom is -0.337 e. The summed E-state index contributed by atoms with van der Waals surface area (Å²) in [7, 11) is -3.59. The molecule has 11 heteroatoms. The van der Waals surface area contributed by atoms with E-state index in [1.807, 2.05) is 0 Å². The van der Waals surface area contributed by atoms with Gasteiger partial charge in [0, 0.05) is 37.4 Å². The highest BCUT2D eigenvalue weighted by Crippen LogP contribution is 2.39. The Labute approximate surface area is 203 Å². The zero-order valence-electron chi connectivity index (χ0n) is 20.2. The minimum atomic E-state index is -4.42. The van der Waals surface area contributed by atoms with E-state index in [0.717, 1.165) is 11.8 Å². The molecule has 1 amide bonds. The van der Waals surface area contributed by atoms with Crippen molar-refractivity contribution >= 4 is 15.9 Å². The number of nitrogens with zero attached hydrogens (tertiary/aromatic N) is 3. The quantitative estimate of drug-likeness (QED) is 0.664. The van der Waals surface area contributed by atoms with Gasteiger partial charge in [-0.15, -0.1) is 0 Å². The van der Waals surface area contributed by atoms with Crippen LogP contribution in [0, 0.1) is 0 Å². The fraction of sp³-hybridized carbons (Fsp3) is 0.583. The molecule has 4 rings (SSSR count). The van der Waals surface area contributed by atoms with Gasteiger partial charge in [-0.1, -0.05) is 18.2 Å². The van der Waals surface area contributed by atoms with E-state index in [4.69, 9.17) is 0 Å². The van der Waals surface area contributed by atoms with Crippen LogP contribution in [-0.2, 0) is 29.2 Å². The van der Waals surface area contributed by atoms with Crippen LogP contribution in [0.25, 0.3) is 0 Å². The van der Waals surface area contributed by atoms with Gasteiger partial charge in [0.25, 0.3) is 5.91 Å². The van der Waals surface area contributed by atoms with Crippen molar-refractivity contribution in [3.63, 3.8) is 0 Å². The fourth-order valence-electron chi connectivity index (χ4n) is 4.89. The van der Waals surface area contributed by atoms with Crippen molar-refractivity contribution in [3.05, 3.63) is 52.3 Å². The van der Waals surface area contributed by atoms with Crippen molar-refractivity contribution in [1.29, 1.82) is 0 Å². The molecule has 35 heavy (non-hydrogen) atoms. The van der Waals surface area contributed by atoms with Gasteiger partial charge in [-0.2, -0.15) is 22.6 Å². The number of amides is 1. The molecule has 2 aliphatic rings. The van der Waals surface area contributed by atoms with Crippen LogP contribution < -0.4 is 0 Å². The standard InChI is InChI=1S/C24H31F3N4O3S/c1-23(2,3)35(33,34)31-12-6-9-20-18(15-31)21(29-28-20)22(32)30-13-10-16(11-14-30)17-7-4-5-8-19(17)24(25,26)27/h4-5,7-8,16H,6,9-15H2,1-3H3,(H,28,29). The number of rotatable bonds is 3. The maximum Gasteiger partial charge on any atom is 0.416 e. The van der Waals surface area contributed by atoms with Crippen molar-refractivity contribution in [3.8, 4) is 0 Å². The van der Waals surface area contributed by atoms with Gasteiger partial charge in [0.05, 0.1) is 10.3 Å². The lowest BCUT2D eigenvalue weighted by Gasteiger charge is -2.33. The van der Waals surface area contributed by atoms with E-state index in [1.54, 1.807) is 31.7 Å². The molecule has 2 aromatic rings. The number of carbonyl (C=O) groups excluding carboxylic acids is 1. The maximum absolute atomic E-state index is 13.5. The average molecular weight is 513 g/mol. The van der Waals surface area contributed by atoms with Crippen molar-refractivity contribution in [2.45, 2.75) is 69.8 Å². The number of fused-ring (bicyclic) bond motifs is 1. The predicted octanol–water partition coefficient (Wildman–Crippen LogP) is 4.32. The Morgan fingerprint density at radius 3 is 2.37 bits per heavy atom. The van der Waals surface area contributed by atoms with Crippen LogP contribution in [0.2, 0.25) is 0 Å². The molecule has 7 nitrogen and oxygen atoms in total. The molecule has 2 aliphatic heterocycles. The first-order chi connectivity index (χ1) is 16.3. The van der Waals surface area contributed by atoms with Gasteiger partial charge in [-0.3, -0.25) is 9.89 Å². The number of halogens is 3. The first-order valence-electron chi connectivity index (χ1n) is 11.8. The smallest absolute Gasteiger partial charge is 0.337 e. The molecule has 1 saturated heterocycles. The van der Waals surface area contributed by atoms with E-state index >= 15 is 0 Å². The molecule has 1 aromatic carbocycles. The van der Waals surface area contributed by atoms with Crippen molar-refractivity contribution < 1.29 is 26.4 Å². The Morgan fingerprint density at radius 2 is 1.74 bits per heavy atom. The van der Waals surface area contributed by atoms with Gasteiger partial charge in [0.1, 0.15) is 0 Å². The third-order valence-electron chi connectivity index (χ3n) is 6.93. The number of carbonyl (C=O) groups is 1. The van der Waals surface area contributed by atoms with Crippen LogP contribution in [0.4, 0.5) is 13.2 Å². The number of hydrogen-bond acceptors (Lipinski definition) is 4. The first kappa shape index (κ1) is 25.7. The molecule has 1 fully saturated rings. The summed E-state index contributed by atoms with van der Waals surface area (Å²) in [6, 6.07) is 5.61. The highest BCUT2D eigenvalue weighted by atomic mass is 32.2. The predicted molar refractivity (Wildman–Crippen MR) is 125 cm³/mol. The van der Waals surface area contributed by atoms with Crippen LogP contribution in [0.5, 0.6) is 0 Å². The average Bonchev–Trinajstić information content (AvgIpc) is 3.06. The zero-order valence-corrected chi connectivity index (χ0v) is 21.0. The summed E-state index contributed by atoms with van der Waals surface area (Å²) in [5.41, 5.74) is 1.19. The number of aromatic nitrogens is 2. The molecule has 192 valence electrons. The number of hydrogen-bond donors (Lipinski definition) is 1. The van der Waals surface area contributed by atoms with E-state index in [-0.39, 0.29) is 29.6 Å². The molecule has 0 aliphatic carbocycles. The number of benzene rings is 1. The Kier molecular flexibility index (Phi) is 6.78. The summed E-state index contributed by atoms with van der Waals surface area (Å²) in [6.07, 6.45) is -2.40. The largest absolute Gasteiger partial charge is 0.416 e. The summed E-state index contributed by atoms with van der Waals surface area (Å²) in [5, 5.41) is 7.14. The number of aryl methyl sites for hydroxylation is 1. The van der Waals surface area contributed by atoms with E-state index in [2.05, 4.69) is 10.2 Å². The molecule has 1 N–H and O–H groups in total. The summed E-state index contributed by atoms with van der Waals surface area (Å²) in [6.45, 7) is 5.99. The lowest BCUT2D eigenvalue weighted by Crippen LogP contribution is -2.43. The minimum absolute atomic E-state index is 0.0714. The van der Waals surface area contributed by atoms with Gasteiger partial charge in [-0.25, -0.2) is 8.42 Å². The summed E-state index contributed by atoms with van der Waals surface area (Å²) < 4.78 is 66.9.